The lowest BCUT2D eigenvalue weighted by atomic mass is 10.1. The highest BCUT2D eigenvalue weighted by Gasteiger charge is 2.18. The van der Waals surface area contributed by atoms with Crippen LogP contribution < -0.4 is 4.74 Å². The molecule has 1 saturated heterocycles. The quantitative estimate of drug-likeness (QED) is 0.418. The zero-order valence-corrected chi connectivity index (χ0v) is 16.9. The summed E-state index contributed by atoms with van der Waals surface area (Å²) in [5.74, 6) is 2.74. The maximum absolute atomic E-state index is 5.82. The molecule has 0 spiro atoms. The lowest BCUT2D eigenvalue weighted by molar-refractivity contribution is 0.214. The van der Waals surface area contributed by atoms with Gasteiger partial charge in [0.1, 0.15) is 5.75 Å². The highest BCUT2D eigenvalue weighted by molar-refractivity contribution is 7.99. The Morgan fingerprint density at radius 1 is 0.857 bits per heavy atom. The first kappa shape index (κ1) is 19.0. The molecule has 28 heavy (non-hydrogen) atoms. The lowest BCUT2D eigenvalue weighted by Gasteiger charge is -2.26. The smallest absolute Gasteiger partial charge is 0.195 e. The standard InChI is InChI=1S/C22H26N4OS/c1-4-10-19(11-5-1)26-21(18-25-14-8-3-9-15-25)23-24-22(26)28-17-16-27-20-12-6-2-7-13-20/h1-2,4-7,10-13H,3,8-9,14-18H2. The van der Waals surface area contributed by atoms with Gasteiger partial charge in [-0.3, -0.25) is 9.47 Å². The second kappa shape index (κ2) is 9.75. The molecule has 0 radical (unpaired) electrons. The van der Waals surface area contributed by atoms with Crippen molar-refractivity contribution >= 4 is 11.8 Å². The third-order valence-corrected chi connectivity index (χ3v) is 5.75. The molecule has 1 fully saturated rings. The lowest BCUT2D eigenvalue weighted by Crippen LogP contribution is -2.30. The van der Waals surface area contributed by atoms with Crippen LogP contribution in [-0.4, -0.2) is 45.1 Å². The van der Waals surface area contributed by atoms with Crippen molar-refractivity contribution in [2.24, 2.45) is 0 Å². The predicted octanol–water partition coefficient (Wildman–Crippen LogP) is 4.42. The molecule has 0 aliphatic carbocycles. The van der Waals surface area contributed by atoms with Crippen LogP contribution >= 0.6 is 11.8 Å². The molecule has 0 N–H and O–H groups in total. The fourth-order valence-corrected chi connectivity index (χ4v) is 4.25. The van der Waals surface area contributed by atoms with Crippen LogP contribution in [0.2, 0.25) is 0 Å². The molecule has 1 aliphatic rings. The van der Waals surface area contributed by atoms with Gasteiger partial charge in [0.05, 0.1) is 13.2 Å². The fraction of sp³-hybridized carbons (Fsp3) is 0.364. The zero-order valence-electron chi connectivity index (χ0n) is 16.0. The highest BCUT2D eigenvalue weighted by atomic mass is 32.2. The maximum Gasteiger partial charge on any atom is 0.195 e. The van der Waals surface area contributed by atoms with Gasteiger partial charge in [-0.15, -0.1) is 10.2 Å². The summed E-state index contributed by atoms with van der Waals surface area (Å²) in [6.45, 7) is 3.78. The van der Waals surface area contributed by atoms with Crippen molar-refractivity contribution < 1.29 is 4.74 Å². The minimum absolute atomic E-state index is 0.637. The minimum Gasteiger partial charge on any atom is -0.493 e. The van der Waals surface area contributed by atoms with E-state index in [1.807, 2.05) is 36.4 Å². The molecule has 2 aromatic carbocycles. The first-order chi connectivity index (χ1) is 13.9. The van der Waals surface area contributed by atoms with Crippen molar-refractivity contribution in [1.29, 1.82) is 0 Å². The molecule has 1 aliphatic heterocycles. The molecular formula is C22H26N4OS. The number of likely N-dealkylation sites (tertiary alicyclic amines) is 1. The molecule has 0 saturated carbocycles. The van der Waals surface area contributed by atoms with Gasteiger partial charge in [0.25, 0.3) is 0 Å². The van der Waals surface area contributed by atoms with E-state index in [1.54, 1.807) is 11.8 Å². The minimum atomic E-state index is 0.637. The topological polar surface area (TPSA) is 43.2 Å². The Bertz CT molecular complexity index is 847. The number of benzene rings is 2. The molecule has 3 aromatic rings. The van der Waals surface area contributed by atoms with E-state index in [1.165, 1.54) is 19.3 Å². The van der Waals surface area contributed by atoms with Crippen molar-refractivity contribution in [3.8, 4) is 11.4 Å². The summed E-state index contributed by atoms with van der Waals surface area (Å²) in [7, 11) is 0. The molecule has 6 heteroatoms. The molecule has 1 aromatic heterocycles. The Kier molecular flexibility index (Phi) is 6.63. The number of piperidine rings is 1. The first-order valence-corrected chi connectivity index (χ1v) is 10.9. The summed E-state index contributed by atoms with van der Waals surface area (Å²) in [6.07, 6.45) is 3.89. The summed E-state index contributed by atoms with van der Waals surface area (Å²) >= 11 is 1.69. The molecule has 0 bridgehead atoms. The molecule has 146 valence electrons. The summed E-state index contributed by atoms with van der Waals surface area (Å²) in [5.41, 5.74) is 1.12. The van der Waals surface area contributed by atoms with E-state index in [0.29, 0.717) is 6.61 Å². The molecule has 0 amide bonds. The van der Waals surface area contributed by atoms with Gasteiger partial charge < -0.3 is 4.74 Å². The van der Waals surface area contributed by atoms with E-state index in [-0.39, 0.29) is 0 Å². The average molecular weight is 395 g/mol. The van der Waals surface area contributed by atoms with Gasteiger partial charge in [-0.1, -0.05) is 54.6 Å². The molecular weight excluding hydrogens is 368 g/mol. The van der Waals surface area contributed by atoms with Crippen LogP contribution in [0.1, 0.15) is 25.1 Å². The van der Waals surface area contributed by atoms with E-state index in [4.69, 9.17) is 4.74 Å². The van der Waals surface area contributed by atoms with Gasteiger partial charge in [-0.05, 0) is 50.2 Å². The largest absolute Gasteiger partial charge is 0.493 e. The summed E-state index contributed by atoms with van der Waals surface area (Å²) < 4.78 is 8.01. The van der Waals surface area contributed by atoms with Crippen LogP contribution in [0, 0.1) is 0 Å². The number of hydrogen-bond acceptors (Lipinski definition) is 5. The second-order valence-electron chi connectivity index (χ2n) is 6.92. The Hall–Kier alpha value is -2.31. The summed E-state index contributed by atoms with van der Waals surface area (Å²) in [5, 5.41) is 9.96. The molecule has 4 rings (SSSR count). The van der Waals surface area contributed by atoms with E-state index >= 15 is 0 Å². The Morgan fingerprint density at radius 2 is 1.57 bits per heavy atom. The second-order valence-corrected chi connectivity index (χ2v) is 7.98. The number of aromatic nitrogens is 3. The van der Waals surface area contributed by atoms with E-state index in [0.717, 1.165) is 47.8 Å². The van der Waals surface area contributed by atoms with Crippen molar-refractivity contribution in [1.82, 2.24) is 19.7 Å². The SMILES string of the molecule is c1ccc(OCCSc2nnc(CN3CCCCC3)n2-c2ccccc2)cc1. The average Bonchev–Trinajstić information content (AvgIpc) is 3.15. The Labute approximate surface area is 170 Å². The van der Waals surface area contributed by atoms with Gasteiger partial charge in [-0.2, -0.15) is 0 Å². The maximum atomic E-state index is 5.82. The van der Waals surface area contributed by atoms with E-state index in [2.05, 4.69) is 43.9 Å². The van der Waals surface area contributed by atoms with Crippen molar-refractivity contribution in [3.63, 3.8) is 0 Å². The van der Waals surface area contributed by atoms with Crippen molar-refractivity contribution in [2.45, 2.75) is 31.0 Å². The van der Waals surface area contributed by atoms with Crippen molar-refractivity contribution in [2.75, 3.05) is 25.4 Å². The number of nitrogens with zero attached hydrogens (tertiary/aromatic N) is 4. The predicted molar refractivity (Wildman–Crippen MR) is 113 cm³/mol. The number of thioether (sulfide) groups is 1. The van der Waals surface area contributed by atoms with Gasteiger partial charge in [0.2, 0.25) is 0 Å². The zero-order chi connectivity index (χ0) is 19.0. The van der Waals surface area contributed by atoms with Gasteiger partial charge in [0, 0.05) is 11.4 Å². The fourth-order valence-electron chi connectivity index (χ4n) is 3.46. The normalized spacial score (nSPS) is 14.9. The summed E-state index contributed by atoms with van der Waals surface area (Å²) in [4.78, 5) is 2.49. The molecule has 2 heterocycles. The Morgan fingerprint density at radius 3 is 2.32 bits per heavy atom. The molecule has 0 unspecified atom stereocenters. The first-order valence-electron chi connectivity index (χ1n) is 9.93. The molecule has 0 atom stereocenters. The van der Waals surface area contributed by atoms with Gasteiger partial charge in [-0.25, -0.2) is 0 Å². The van der Waals surface area contributed by atoms with Crippen LogP contribution in [0.5, 0.6) is 5.75 Å². The van der Waals surface area contributed by atoms with Crippen LogP contribution in [0.25, 0.3) is 5.69 Å². The van der Waals surface area contributed by atoms with Gasteiger partial charge in [0.15, 0.2) is 11.0 Å². The third-order valence-electron chi connectivity index (χ3n) is 4.85. The molecule has 5 nitrogen and oxygen atoms in total. The van der Waals surface area contributed by atoms with Crippen molar-refractivity contribution in [3.05, 3.63) is 66.5 Å². The monoisotopic (exact) mass is 394 g/mol. The van der Waals surface area contributed by atoms with Crippen LogP contribution in [0.15, 0.2) is 65.8 Å². The Balaban J connectivity index is 1.45. The third kappa shape index (κ3) is 4.94. The van der Waals surface area contributed by atoms with E-state index < -0.39 is 0 Å². The van der Waals surface area contributed by atoms with Crippen LogP contribution in [0.4, 0.5) is 0 Å². The number of rotatable bonds is 8. The van der Waals surface area contributed by atoms with Crippen LogP contribution in [-0.2, 0) is 6.54 Å². The van der Waals surface area contributed by atoms with Gasteiger partial charge >= 0.3 is 0 Å². The van der Waals surface area contributed by atoms with Crippen LogP contribution in [0.3, 0.4) is 0 Å². The number of hydrogen-bond donors (Lipinski definition) is 0. The van der Waals surface area contributed by atoms with E-state index in [9.17, 15) is 0 Å². The number of ether oxygens (including phenoxy) is 1. The highest BCUT2D eigenvalue weighted by Crippen LogP contribution is 2.24. The number of para-hydroxylation sites is 2. The summed E-state index contributed by atoms with van der Waals surface area (Å²) in [6, 6.07) is 20.3.